The highest BCUT2D eigenvalue weighted by molar-refractivity contribution is 7.22. The zero-order chi connectivity index (χ0) is 42.0. The number of phenols is 1. The van der Waals surface area contributed by atoms with Crippen LogP contribution in [0.15, 0.2) is 84.9 Å². The number of fused-ring (bicyclic) bond motifs is 2. The number of piperidine rings is 1. The number of hydrogen-bond donors (Lipinski definition) is 2. The van der Waals surface area contributed by atoms with Gasteiger partial charge in [0.15, 0.2) is 5.78 Å². The predicted octanol–water partition coefficient (Wildman–Crippen LogP) is 5.61. The Balaban J connectivity index is 0.683. The Morgan fingerprint density at radius 1 is 0.803 bits per heavy atom. The topological polar surface area (TPSA) is 126 Å². The van der Waals surface area contributed by atoms with Gasteiger partial charge in [-0.25, -0.2) is 4.39 Å². The number of halogens is 1. The average Bonchev–Trinajstić information content (AvgIpc) is 3.81. The van der Waals surface area contributed by atoms with Crippen LogP contribution in [0.2, 0.25) is 0 Å². The lowest BCUT2D eigenvalue weighted by Crippen LogP contribution is -2.52. The fourth-order valence-corrected chi connectivity index (χ4v) is 10.2. The number of aromatic hydroxyl groups is 1. The summed E-state index contributed by atoms with van der Waals surface area (Å²) < 4.78 is 20.6. The van der Waals surface area contributed by atoms with Gasteiger partial charge in [-0.15, -0.1) is 11.3 Å². The number of imide groups is 1. The van der Waals surface area contributed by atoms with Gasteiger partial charge in [0.05, 0.1) is 0 Å². The molecule has 0 aliphatic carbocycles. The van der Waals surface area contributed by atoms with Crippen molar-refractivity contribution in [2.45, 2.75) is 31.8 Å². The van der Waals surface area contributed by atoms with Crippen LogP contribution >= 0.6 is 11.3 Å². The van der Waals surface area contributed by atoms with Gasteiger partial charge in [-0.1, -0.05) is 12.1 Å². The fourth-order valence-electron chi connectivity index (χ4n) is 9.00. The molecule has 4 aromatic carbocycles. The van der Waals surface area contributed by atoms with Crippen molar-refractivity contribution in [2.24, 2.45) is 0 Å². The second-order valence-corrected chi connectivity index (χ2v) is 17.4. The summed E-state index contributed by atoms with van der Waals surface area (Å²) in [7, 11) is 0. The number of carbonyl (C=O) groups excluding carboxylic acids is 4. The number of piperazine rings is 2. The van der Waals surface area contributed by atoms with Crippen molar-refractivity contribution < 1.29 is 33.4 Å². The summed E-state index contributed by atoms with van der Waals surface area (Å²) in [6, 6.07) is 23.7. The molecule has 1 aromatic heterocycles. The first-order valence-electron chi connectivity index (χ1n) is 21.2. The molecule has 0 spiro atoms. The van der Waals surface area contributed by atoms with Crippen molar-refractivity contribution in [1.29, 1.82) is 0 Å². The summed E-state index contributed by atoms with van der Waals surface area (Å²) in [5.41, 5.74) is 4.50. The van der Waals surface area contributed by atoms with E-state index < -0.39 is 6.04 Å². The Labute approximate surface area is 358 Å². The number of carbonyl (C=O) groups is 4. The third-order valence-electron chi connectivity index (χ3n) is 12.5. The number of thiophene rings is 1. The van der Waals surface area contributed by atoms with Crippen molar-refractivity contribution in [2.75, 3.05) is 83.5 Å². The number of phenolic OH excluding ortho intramolecular Hbond substituents is 1. The lowest BCUT2D eigenvalue weighted by molar-refractivity contribution is -0.136. The van der Waals surface area contributed by atoms with Gasteiger partial charge < -0.3 is 24.5 Å². The van der Waals surface area contributed by atoms with Crippen LogP contribution in [0.5, 0.6) is 11.5 Å². The van der Waals surface area contributed by atoms with E-state index in [0.29, 0.717) is 42.0 Å². The minimum Gasteiger partial charge on any atom is -0.508 e. The first-order valence-corrected chi connectivity index (χ1v) is 22.0. The monoisotopic (exact) mass is 844 g/mol. The first-order chi connectivity index (χ1) is 29.7. The number of amides is 3. The maximum Gasteiger partial charge on any atom is 0.255 e. The van der Waals surface area contributed by atoms with Crippen LogP contribution in [-0.4, -0.2) is 133 Å². The van der Waals surface area contributed by atoms with E-state index >= 15 is 0 Å². The lowest BCUT2D eigenvalue weighted by Gasteiger charge is -2.37. The van der Waals surface area contributed by atoms with Crippen LogP contribution in [0.3, 0.4) is 0 Å². The van der Waals surface area contributed by atoms with Crippen LogP contribution in [0.4, 0.5) is 10.1 Å². The van der Waals surface area contributed by atoms with Crippen LogP contribution in [0.25, 0.3) is 20.5 Å². The number of ketones is 1. The van der Waals surface area contributed by atoms with Crippen molar-refractivity contribution in [3.05, 3.63) is 113 Å². The third-order valence-corrected chi connectivity index (χ3v) is 13.7. The molecule has 4 aliphatic heterocycles. The highest BCUT2D eigenvalue weighted by Gasteiger charge is 2.39. The van der Waals surface area contributed by atoms with Gasteiger partial charge in [0.25, 0.3) is 5.91 Å². The summed E-state index contributed by atoms with van der Waals surface area (Å²) in [6.45, 7) is 11.8. The molecule has 5 aromatic rings. The van der Waals surface area contributed by atoms with Crippen LogP contribution in [0.1, 0.15) is 51.1 Å². The molecule has 0 bridgehead atoms. The van der Waals surface area contributed by atoms with Gasteiger partial charge in [-0.05, 0) is 110 Å². The summed E-state index contributed by atoms with van der Waals surface area (Å²) in [5, 5.41) is 13.2. The van der Waals surface area contributed by atoms with Crippen molar-refractivity contribution >= 4 is 50.6 Å². The maximum absolute atomic E-state index is 13.9. The quantitative estimate of drug-likeness (QED) is 0.114. The van der Waals surface area contributed by atoms with E-state index in [1.807, 2.05) is 24.3 Å². The van der Waals surface area contributed by atoms with Gasteiger partial charge in [0, 0.05) is 109 Å². The van der Waals surface area contributed by atoms with E-state index in [9.17, 15) is 28.7 Å². The molecule has 61 heavy (non-hydrogen) atoms. The normalized spacial score (nSPS) is 19.1. The number of anilines is 1. The van der Waals surface area contributed by atoms with Crippen LogP contribution in [0, 0.1) is 5.82 Å². The van der Waals surface area contributed by atoms with Crippen molar-refractivity contribution in [3.8, 4) is 21.9 Å². The summed E-state index contributed by atoms with van der Waals surface area (Å²) in [6.07, 6.45) is 1.74. The Bertz CT molecular complexity index is 2440. The van der Waals surface area contributed by atoms with E-state index in [4.69, 9.17) is 4.74 Å². The molecule has 4 aliphatic rings. The molecule has 9 rings (SSSR count). The zero-order valence-corrected chi connectivity index (χ0v) is 34.8. The molecule has 3 fully saturated rings. The third kappa shape index (κ3) is 8.89. The highest BCUT2D eigenvalue weighted by atomic mass is 32.1. The Morgan fingerprint density at radius 2 is 1.49 bits per heavy atom. The van der Waals surface area contributed by atoms with Crippen molar-refractivity contribution in [1.82, 2.24) is 24.9 Å². The minimum atomic E-state index is -0.600. The van der Waals surface area contributed by atoms with Crippen LogP contribution < -0.4 is 15.0 Å². The maximum atomic E-state index is 13.9. The number of hydrogen-bond acceptors (Lipinski definition) is 11. The molecule has 0 saturated carbocycles. The molecule has 0 radical (unpaired) electrons. The predicted molar refractivity (Wildman–Crippen MR) is 233 cm³/mol. The summed E-state index contributed by atoms with van der Waals surface area (Å²) >= 11 is 1.40. The van der Waals surface area contributed by atoms with Gasteiger partial charge in [0.1, 0.15) is 30.0 Å². The van der Waals surface area contributed by atoms with Gasteiger partial charge in [-0.3, -0.25) is 34.3 Å². The zero-order valence-electron chi connectivity index (χ0n) is 34.0. The summed E-state index contributed by atoms with van der Waals surface area (Å²) in [5.74, 6) is -0.457. The molecule has 3 saturated heterocycles. The van der Waals surface area contributed by atoms with Gasteiger partial charge in [-0.2, -0.15) is 0 Å². The smallest absolute Gasteiger partial charge is 0.255 e. The standard InChI is InChI=1S/C47H49FN6O6S/c48-34-6-2-32(3-7-34)45-43(39-13-9-36(55)29-41(39)61-45)44(57)31-4-10-37(11-5-31)60-27-26-52-20-18-50(19-21-52)16-1-17-51-22-24-53(25-23-51)35-8-12-38-33(28-35)30-54(47(38)59)40-14-15-42(56)49-46(40)58/h2-13,28-29,40,55H,1,14-27,30H2,(H,49,56,58). The molecule has 1 unspecified atom stereocenters. The van der Waals surface area contributed by atoms with Gasteiger partial charge >= 0.3 is 0 Å². The lowest BCUT2D eigenvalue weighted by atomic mass is 9.97. The SMILES string of the molecule is O=C1CCC(N2Cc3cc(N4CCN(CCCN5CCN(CCOc6ccc(C(=O)c7c(-c8ccc(F)cc8)sc8cc(O)ccc78)cc6)CC5)CC4)ccc3C2=O)C(=O)N1. The van der Waals surface area contributed by atoms with E-state index in [1.165, 1.54) is 23.5 Å². The first kappa shape index (κ1) is 40.7. The number of benzene rings is 4. The second kappa shape index (κ2) is 17.7. The Hall–Kier alpha value is -5.67. The number of nitrogens with one attached hydrogen (secondary N) is 1. The van der Waals surface area contributed by atoms with E-state index in [2.05, 4.69) is 31.0 Å². The molecular weight excluding hydrogens is 796 g/mol. The molecule has 1 atom stereocenters. The van der Waals surface area contributed by atoms with Gasteiger partial charge in [0.2, 0.25) is 11.8 Å². The summed E-state index contributed by atoms with van der Waals surface area (Å²) in [4.78, 5) is 63.3. The fraction of sp³-hybridized carbons (Fsp3) is 0.362. The van der Waals surface area contributed by atoms with Crippen molar-refractivity contribution in [3.63, 3.8) is 0 Å². The molecule has 316 valence electrons. The Kier molecular flexibility index (Phi) is 11.8. The molecular formula is C47H49FN6O6S. The highest BCUT2D eigenvalue weighted by Crippen LogP contribution is 2.41. The van der Waals surface area contributed by atoms with E-state index in [-0.39, 0.29) is 41.5 Å². The largest absolute Gasteiger partial charge is 0.508 e. The van der Waals surface area contributed by atoms with Crippen LogP contribution in [-0.2, 0) is 16.1 Å². The van der Waals surface area contributed by atoms with E-state index in [1.54, 1.807) is 47.4 Å². The number of ether oxygens (including phenoxy) is 1. The molecule has 3 amide bonds. The Morgan fingerprint density at radius 3 is 2.20 bits per heavy atom. The minimum absolute atomic E-state index is 0.125. The molecule has 5 heterocycles. The van der Waals surface area contributed by atoms with E-state index in [0.717, 1.165) is 110 Å². The second-order valence-electron chi connectivity index (χ2n) is 16.3. The molecule has 12 nitrogen and oxygen atoms in total. The molecule has 14 heteroatoms. The molecule has 2 N–H and O–H groups in total. The number of nitrogens with zero attached hydrogens (tertiary/aromatic N) is 5. The number of rotatable bonds is 13. The average molecular weight is 845 g/mol.